The summed E-state index contributed by atoms with van der Waals surface area (Å²) in [5.41, 5.74) is 3.78. The quantitative estimate of drug-likeness (QED) is 0.165. The highest BCUT2D eigenvalue weighted by molar-refractivity contribution is 6.31. The average molecular weight is 1640 g/mol. The van der Waals surface area contributed by atoms with Gasteiger partial charge in [-0.05, 0) is 213 Å². The lowest BCUT2D eigenvalue weighted by atomic mass is 9.82. The summed E-state index contributed by atoms with van der Waals surface area (Å²) < 4.78 is 207. The van der Waals surface area contributed by atoms with Gasteiger partial charge in [-0.15, -0.1) is 0 Å². The number of hydrogen-bond acceptors (Lipinski definition) is 4. The SMILES string of the molecule is CC(C)(C)c1cc(C#N)ccc1C(F)(F)F.CC(C)(C)c1cc(C(F)(F)F)ccc1C(F)(F)F.CC(C)(C)c1ccc(Cl)cc1C(F)(F)F.CC(C)(C)c1cccc(Cl)c1F.CCOc1ccc(C(C)(C)C)c(C)c1.COc1ccc(F)cc1C(C)(C)C.COc1cccc(F)c1C(C)(C)C.Cc1ccc(C(C)(C)C)c(C)c1. The molecule has 8 aromatic rings. The minimum Gasteiger partial charge on any atom is -0.496 e. The Morgan fingerprint density at radius 3 is 1.15 bits per heavy atom. The van der Waals surface area contributed by atoms with Crippen molar-refractivity contribution in [2.45, 2.75) is 262 Å². The van der Waals surface area contributed by atoms with Crippen LogP contribution in [0.25, 0.3) is 0 Å². The Bertz CT molecular complexity index is 4390. The van der Waals surface area contributed by atoms with Gasteiger partial charge < -0.3 is 14.2 Å². The summed E-state index contributed by atoms with van der Waals surface area (Å²) in [7, 11) is 3.16. The number of rotatable bonds is 4. The van der Waals surface area contributed by atoms with Crippen molar-refractivity contribution in [1.82, 2.24) is 0 Å². The average Bonchev–Trinajstić information content (AvgIpc) is 0.775. The number of hydrogen-bond donors (Lipinski definition) is 0. The topological polar surface area (TPSA) is 51.5 Å². The standard InChI is InChI=1S/C13H20O.C12H12F6.C12H12F3N.C12H18.C11H12ClF3.2C11H15FO.C10H12ClF/c1-6-14-11-7-8-12(10(2)9-11)13(3,4)5;1-10(2,3)9-6-7(11(13,14)15)4-5-8(9)12(16,17)18;1-11(2,3)10-6-8(7-16)4-5-9(10)12(13,14)15;1-9-6-7-11(10(2)8-9)12(3,4)5;1-10(2,3)8-5-4-7(12)6-9(8)11(13,14)15;1-11(2,3)9-7-8(12)5-6-10(9)13-4;1-11(2,3)10-8(12)6-5-7-9(10)13-4;1-10(2,3)7-5-4-6-8(11)9(7)12/h7-9H,6H2,1-5H3;4-6H,1-3H3;4-6H,1-3H3;6-8H,1-5H3;4-6H,1-3H3;2*5-7H,1-4H3;4-6H,1-3H3. The zero-order valence-corrected chi connectivity index (χ0v) is 72.7. The summed E-state index contributed by atoms with van der Waals surface area (Å²) >= 11 is 11.2. The maximum atomic E-state index is 13.5. The number of halogens is 17. The van der Waals surface area contributed by atoms with Gasteiger partial charge in [-0.2, -0.15) is 57.9 Å². The van der Waals surface area contributed by atoms with Crippen LogP contribution in [0.4, 0.5) is 65.9 Å². The van der Waals surface area contributed by atoms with E-state index < -0.39 is 63.2 Å². The molecule has 626 valence electrons. The lowest BCUT2D eigenvalue weighted by molar-refractivity contribution is -0.142. The number of alkyl halides is 12. The molecule has 113 heavy (non-hydrogen) atoms. The van der Waals surface area contributed by atoms with Gasteiger partial charge in [0.05, 0.1) is 59.7 Å². The maximum Gasteiger partial charge on any atom is 0.416 e. The van der Waals surface area contributed by atoms with Gasteiger partial charge in [0.2, 0.25) is 0 Å². The largest absolute Gasteiger partial charge is 0.496 e. The van der Waals surface area contributed by atoms with Crippen LogP contribution < -0.4 is 14.2 Å². The first-order chi connectivity index (χ1) is 50.8. The molecule has 4 nitrogen and oxygen atoms in total. The zero-order chi connectivity index (χ0) is 88.4. The van der Waals surface area contributed by atoms with E-state index in [1.54, 1.807) is 92.2 Å². The molecule has 0 saturated heterocycles. The van der Waals surface area contributed by atoms with Gasteiger partial charge in [0.1, 0.15) is 34.7 Å². The molecular weight excluding hydrogens is 1520 g/mol. The Labute approximate surface area is 673 Å². The van der Waals surface area contributed by atoms with Crippen molar-refractivity contribution in [3.63, 3.8) is 0 Å². The molecule has 21 heteroatoms. The molecule has 0 bridgehead atoms. The molecule has 0 fully saturated rings. The van der Waals surface area contributed by atoms with Gasteiger partial charge in [-0.3, -0.25) is 0 Å². The second-order valence-electron chi connectivity index (χ2n) is 35.3. The first-order valence-corrected chi connectivity index (χ1v) is 37.3. The van der Waals surface area contributed by atoms with Crippen molar-refractivity contribution in [1.29, 1.82) is 5.26 Å². The number of methoxy groups -OCH3 is 2. The molecule has 0 radical (unpaired) electrons. The van der Waals surface area contributed by atoms with Crippen molar-refractivity contribution in [3.8, 4) is 23.3 Å². The number of nitriles is 1. The molecule has 0 aromatic heterocycles. The number of aryl methyl sites for hydroxylation is 3. The monoisotopic (exact) mass is 1640 g/mol. The van der Waals surface area contributed by atoms with Gasteiger partial charge in [0.25, 0.3) is 0 Å². The van der Waals surface area contributed by atoms with E-state index in [9.17, 15) is 65.9 Å². The van der Waals surface area contributed by atoms with Crippen LogP contribution in [0.15, 0.2) is 146 Å². The Morgan fingerprint density at radius 1 is 0.354 bits per heavy atom. The van der Waals surface area contributed by atoms with Gasteiger partial charge >= 0.3 is 24.7 Å². The minimum absolute atomic E-state index is 0.0898. The molecule has 0 atom stereocenters. The fraction of sp³-hybridized carbons (Fsp3) is 0.467. The predicted octanol–water partition coefficient (Wildman–Crippen LogP) is 30.9. The van der Waals surface area contributed by atoms with Crippen LogP contribution >= 0.6 is 23.2 Å². The third-order valence-electron chi connectivity index (χ3n) is 17.0. The first-order valence-electron chi connectivity index (χ1n) is 36.5. The van der Waals surface area contributed by atoms with Crippen LogP contribution in [0.1, 0.15) is 262 Å². The van der Waals surface area contributed by atoms with Gasteiger partial charge in [0.15, 0.2) is 0 Å². The van der Waals surface area contributed by atoms with Crippen molar-refractivity contribution in [2.24, 2.45) is 0 Å². The maximum absolute atomic E-state index is 13.5. The number of nitrogens with zero attached hydrogens (tertiary/aromatic N) is 1. The zero-order valence-electron chi connectivity index (χ0n) is 71.2. The van der Waals surface area contributed by atoms with Crippen LogP contribution in [0.5, 0.6) is 17.2 Å². The lowest BCUT2D eigenvalue weighted by Gasteiger charge is -2.25. The molecule has 0 amide bonds. The van der Waals surface area contributed by atoms with E-state index in [2.05, 4.69) is 98.7 Å². The van der Waals surface area contributed by atoms with Crippen molar-refractivity contribution < 1.29 is 80.1 Å². The van der Waals surface area contributed by atoms with Crippen LogP contribution in [0, 0.1) is 49.6 Å². The molecule has 0 saturated carbocycles. The molecule has 0 spiro atoms. The molecule has 0 heterocycles. The summed E-state index contributed by atoms with van der Waals surface area (Å²) in [4.78, 5) is 0. The Hall–Kier alpha value is -7.82. The molecule has 0 N–H and O–H groups in total. The normalized spacial score (nSPS) is 12.2. The summed E-state index contributed by atoms with van der Waals surface area (Å²) in [6.45, 7) is 55.2. The Balaban J connectivity index is 0.000000648. The predicted molar refractivity (Wildman–Crippen MR) is 434 cm³/mol. The van der Waals surface area contributed by atoms with Crippen LogP contribution in [-0.2, 0) is 68.0 Å². The molecule has 8 aromatic carbocycles. The van der Waals surface area contributed by atoms with Crippen LogP contribution in [0.3, 0.4) is 0 Å². The third-order valence-corrected chi connectivity index (χ3v) is 17.5. The summed E-state index contributed by atoms with van der Waals surface area (Å²) in [5, 5.41) is 8.99. The first kappa shape index (κ1) is 103. The fourth-order valence-corrected chi connectivity index (χ4v) is 12.0. The van der Waals surface area contributed by atoms with E-state index in [1.807, 2.05) is 75.3 Å². The third kappa shape index (κ3) is 33.9. The Kier molecular flexibility index (Phi) is 37.1. The van der Waals surface area contributed by atoms with E-state index in [4.69, 9.17) is 42.7 Å². The summed E-state index contributed by atoms with van der Waals surface area (Å²) in [6.07, 6.45) is -18.0. The molecule has 0 unspecified atom stereocenters. The van der Waals surface area contributed by atoms with Gasteiger partial charge in [0, 0.05) is 16.1 Å². The van der Waals surface area contributed by atoms with Crippen molar-refractivity contribution >= 4 is 23.2 Å². The van der Waals surface area contributed by atoms with Crippen molar-refractivity contribution in [3.05, 3.63) is 262 Å². The van der Waals surface area contributed by atoms with Crippen LogP contribution in [-0.4, -0.2) is 20.8 Å². The Morgan fingerprint density at radius 2 is 0.770 bits per heavy atom. The van der Waals surface area contributed by atoms with E-state index in [1.165, 1.54) is 91.1 Å². The smallest absolute Gasteiger partial charge is 0.416 e. The number of benzene rings is 8. The molecule has 0 aliphatic heterocycles. The summed E-state index contributed by atoms with van der Waals surface area (Å²) in [5.74, 6) is 1.61. The fourth-order valence-electron chi connectivity index (χ4n) is 11.6. The van der Waals surface area contributed by atoms with E-state index in [-0.39, 0.29) is 76.8 Å². The second-order valence-corrected chi connectivity index (χ2v) is 36.1. The lowest BCUT2D eigenvalue weighted by Crippen LogP contribution is -2.21. The molecular formula is C92H116Cl2F15NO3. The number of ether oxygens (including phenoxy) is 3. The molecule has 0 aliphatic rings. The van der Waals surface area contributed by atoms with E-state index in [0.29, 0.717) is 35.1 Å². The second kappa shape index (κ2) is 40.6. The molecule has 8 rings (SSSR count). The summed E-state index contributed by atoms with van der Waals surface area (Å²) in [6, 6.07) is 38.3. The highest BCUT2D eigenvalue weighted by Gasteiger charge is 2.41. The highest BCUT2D eigenvalue weighted by Crippen LogP contribution is 2.44. The van der Waals surface area contributed by atoms with Gasteiger partial charge in [-0.25, -0.2) is 13.2 Å². The van der Waals surface area contributed by atoms with Crippen LogP contribution in [0.2, 0.25) is 10.0 Å². The van der Waals surface area contributed by atoms with E-state index >= 15 is 0 Å². The molecule has 0 aliphatic carbocycles. The van der Waals surface area contributed by atoms with Crippen molar-refractivity contribution in [2.75, 3.05) is 20.8 Å². The van der Waals surface area contributed by atoms with E-state index in [0.717, 1.165) is 35.8 Å². The minimum atomic E-state index is -4.66. The highest BCUT2D eigenvalue weighted by atomic mass is 35.5. The van der Waals surface area contributed by atoms with Gasteiger partial charge in [-0.1, -0.05) is 243 Å².